The molecule has 1 aliphatic heterocycles. The van der Waals surface area contributed by atoms with Crippen molar-refractivity contribution in [2.75, 3.05) is 18.1 Å². The Morgan fingerprint density at radius 2 is 2.17 bits per heavy atom. The van der Waals surface area contributed by atoms with E-state index in [1.165, 1.54) is 12.2 Å². The summed E-state index contributed by atoms with van der Waals surface area (Å²) in [5.74, 6) is -1.18. The first kappa shape index (κ1) is 18.5. The molecule has 1 aromatic carbocycles. The predicted molar refractivity (Wildman–Crippen MR) is 91.4 cm³/mol. The molecule has 0 aromatic heterocycles. The van der Waals surface area contributed by atoms with Gasteiger partial charge >= 0.3 is 5.97 Å². The van der Waals surface area contributed by atoms with Gasteiger partial charge in [-0.25, -0.2) is 13.2 Å². The highest BCUT2D eigenvalue weighted by atomic mass is 35.5. The number of ether oxygens (including phenoxy) is 1. The van der Waals surface area contributed by atoms with Crippen LogP contribution in [0.15, 0.2) is 24.3 Å². The molecule has 24 heavy (non-hydrogen) atoms. The SMILES string of the molecule is Cc1ccc(/C=C/C(=O)OCC(=O)N[C@H]2CCS(=O)(=O)C2)cc1Cl. The van der Waals surface area contributed by atoms with E-state index < -0.39 is 34.4 Å². The number of carbonyl (C=O) groups is 2. The predicted octanol–water partition coefficient (Wildman–Crippen LogP) is 1.51. The van der Waals surface area contributed by atoms with Crippen LogP contribution in [0.3, 0.4) is 0 Å². The molecule has 0 spiro atoms. The van der Waals surface area contributed by atoms with Crippen LogP contribution in [0, 0.1) is 6.92 Å². The lowest BCUT2D eigenvalue weighted by Gasteiger charge is -2.10. The Morgan fingerprint density at radius 1 is 1.42 bits per heavy atom. The molecule has 1 N–H and O–H groups in total. The van der Waals surface area contributed by atoms with Crippen LogP contribution in [0.2, 0.25) is 5.02 Å². The molecule has 0 bridgehead atoms. The van der Waals surface area contributed by atoms with Gasteiger partial charge in [-0.1, -0.05) is 23.7 Å². The summed E-state index contributed by atoms with van der Waals surface area (Å²) in [6.07, 6.45) is 3.12. The van der Waals surface area contributed by atoms with Crippen LogP contribution in [-0.2, 0) is 24.2 Å². The monoisotopic (exact) mass is 371 g/mol. The first-order chi connectivity index (χ1) is 11.2. The fraction of sp³-hybridized carbons (Fsp3) is 0.375. The van der Waals surface area contributed by atoms with Crippen molar-refractivity contribution in [3.8, 4) is 0 Å². The van der Waals surface area contributed by atoms with E-state index >= 15 is 0 Å². The van der Waals surface area contributed by atoms with Crippen LogP contribution in [0.25, 0.3) is 6.08 Å². The van der Waals surface area contributed by atoms with E-state index in [9.17, 15) is 18.0 Å². The number of amides is 1. The van der Waals surface area contributed by atoms with Gasteiger partial charge in [0.1, 0.15) is 0 Å². The zero-order valence-electron chi connectivity index (χ0n) is 13.1. The summed E-state index contributed by atoms with van der Waals surface area (Å²) >= 11 is 5.99. The molecule has 1 aliphatic rings. The highest BCUT2D eigenvalue weighted by Crippen LogP contribution is 2.17. The number of esters is 1. The summed E-state index contributed by atoms with van der Waals surface area (Å²) in [5, 5.41) is 3.13. The molecule has 1 fully saturated rings. The van der Waals surface area contributed by atoms with Crippen molar-refractivity contribution in [1.29, 1.82) is 0 Å². The third kappa shape index (κ3) is 5.65. The lowest BCUT2D eigenvalue weighted by molar-refractivity contribution is -0.143. The number of aryl methyl sites for hydroxylation is 1. The van der Waals surface area contributed by atoms with Crippen LogP contribution in [-0.4, -0.2) is 44.4 Å². The largest absolute Gasteiger partial charge is 0.452 e. The molecule has 0 radical (unpaired) electrons. The Morgan fingerprint density at radius 3 is 2.79 bits per heavy atom. The Hall–Kier alpha value is -1.86. The van der Waals surface area contributed by atoms with Crippen molar-refractivity contribution in [2.24, 2.45) is 0 Å². The smallest absolute Gasteiger partial charge is 0.331 e. The minimum Gasteiger partial charge on any atom is -0.452 e. The number of hydrogen-bond donors (Lipinski definition) is 1. The van der Waals surface area contributed by atoms with Crippen molar-refractivity contribution in [1.82, 2.24) is 5.32 Å². The number of sulfone groups is 1. The fourth-order valence-electron chi connectivity index (χ4n) is 2.24. The lowest BCUT2D eigenvalue weighted by Crippen LogP contribution is -2.38. The molecule has 1 saturated heterocycles. The summed E-state index contributed by atoms with van der Waals surface area (Å²) in [5.41, 5.74) is 1.67. The molecule has 0 unspecified atom stereocenters. The number of rotatable bonds is 5. The molecule has 0 saturated carbocycles. The average Bonchev–Trinajstić information content (AvgIpc) is 2.85. The highest BCUT2D eigenvalue weighted by Gasteiger charge is 2.28. The maximum Gasteiger partial charge on any atom is 0.331 e. The first-order valence-electron chi connectivity index (χ1n) is 7.36. The van der Waals surface area contributed by atoms with E-state index in [1.807, 2.05) is 13.0 Å². The Bertz CT molecular complexity index is 773. The van der Waals surface area contributed by atoms with Crippen molar-refractivity contribution in [2.45, 2.75) is 19.4 Å². The molecule has 130 valence electrons. The minimum atomic E-state index is -3.06. The molecule has 8 heteroatoms. The number of carbonyl (C=O) groups excluding carboxylic acids is 2. The number of hydrogen-bond acceptors (Lipinski definition) is 5. The third-order valence-electron chi connectivity index (χ3n) is 3.55. The van der Waals surface area contributed by atoms with Gasteiger partial charge in [0.05, 0.1) is 11.5 Å². The van der Waals surface area contributed by atoms with Gasteiger partial charge in [-0.3, -0.25) is 4.79 Å². The molecule has 0 aliphatic carbocycles. The van der Waals surface area contributed by atoms with Crippen LogP contribution >= 0.6 is 11.6 Å². The summed E-state index contributed by atoms with van der Waals surface area (Å²) in [6, 6.07) is 4.94. The second-order valence-electron chi connectivity index (χ2n) is 5.62. The number of benzene rings is 1. The second-order valence-corrected chi connectivity index (χ2v) is 8.25. The van der Waals surface area contributed by atoms with E-state index in [0.29, 0.717) is 11.4 Å². The molecule has 2 rings (SSSR count). The maximum atomic E-state index is 11.6. The summed E-state index contributed by atoms with van der Waals surface area (Å²) in [7, 11) is -3.06. The van der Waals surface area contributed by atoms with Crippen LogP contribution in [0.4, 0.5) is 0 Å². The van der Waals surface area contributed by atoms with Crippen LogP contribution in [0.5, 0.6) is 0 Å². The summed E-state index contributed by atoms with van der Waals surface area (Å²) < 4.78 is 27.4. The second kappa shape index (κ2) is 7.81. The first-order valence-corrected chi connectivity index (χ1v) is 9.56. The molecule has 6 nitrogen and oxygen atoms in total. The molecule has 1 heterocycles. The molecule has 1 atom stereocenters. The summed E-state index contributed by atoms with van der Waals surface area (Å²) in [6.45, 7) is 1.42. The van der Waals surface area contributed by atoms with Crippen molar-refractivity contribution < 1.29 is 22.7 Å². The number of nitrogens with one attached hydrogen (secondary N) is 1. The summed E-state index contributed by atoms with van der Waals surface area (Å²) in [4.78, 5) is 23.2. The lowest BCUT2D eigenvalue weighted by atomic mass is 10.1. The molecule has 1 amide bonds. The molecule has 1 aromatic rings. The molecular formula is C16H18ClNO5S. The van der Waals surface area contributed by atoms with E-state index in [4.69, 9.17) is 16.3 Å². The quantitative estimate of drug-likeness (QED) is 0.626. The van der Waals surface area contributed by atoms with Gasteiger partial charge in [0.25, 0.3) is 5.91 Å². The van der Waals surface area contributed by atoms with Crippen LogP contribution in [0.1, 0.15) is 17.5 Å². The normalized spacial score (nSPS) is 19.3. The van der Waals surface area contributed by atoms with Gasteiger partial charge < -0.3 is 10.1 Å². The van der Waals surface area contributed by atoms with Gasteiger partial charge in [-0.15, -0.1) is 0 Å². The molecular weight excluding hydrogens is 354 g/mol. The zero-order chi connectivity index (χ0) is 17.7. The van der Waals surface area contributed by atoms with Gasteiger partial charge in [0.15, 0.2) is 16.4 Å². The van der Waals surface area contributed by atoms with E-state index in [-0.39, 0.29) is 11.5 Å². The topological polar surface area (TPSA) is 89.5 Å². The Kier molecular flexibility index (Phi) is 6.01. The van der Waals surface area contributed by atoms with Crippen LogP contribution < -0.4 is 5.32 Å². The van der Waals surface area contributed by atoms with Gasteiger partial charge in [-0.2, -0.15) is 0 Å². The average molecular weight is 372 g/mol. The van der Waals surface area contributed by atoms with Gasteiger partial charge in [0, 0.05) is 17.1 Å². The maximum absolute atomic E-state index is 11.6. The van der Waals surface area contributed by atoms with Crippen molar-refractivity contribution >= 4 is 39.4 Å². The van der Waals surface area contributed by atoms with Crippen molar-refractivity contribution in [3.63, 3.8) is 0 Å². The minimum absolute atomic E-state index is 0.0687. The van der Waals surface area contributed by atoms with E-state index in [2.05, 4.69) is 5.32 Å². The van der Waals surface area contributed by atoms with E-state index in [1.54, 1.807) is 12.1 Å². The fourth-order valence-corrected chi connectivity index (χ4v) is 4.10. The Labute approximate surface area is 145 Å². The standard InChI is InChI=1S/C16H18ClNO5S/c1-11-2-3-12(8-14(11)17)4-5-16(20)23-9-15(19)18-13-6-7-24(21,22)10-13/h2-5,8,13H,6-7,9-10H2,1H3,(H,18,19)/b5-4+/t13-/m0/s1. The van der Waals surface area contributed by atoms with E-state index in [0.717, 1.165) is 11.1 Å². The third-order valence-corrected chi connectivity index (χ3v) is 5.73. The number of halogens is 1. The Balaban J connectivity index is 1.77. The van der Waals surface area contributed by atoms with Crippen molar-refractivity contribution in [3.05, 3.63) is 40.4 Å². The highest BCUT2D eigenvalue weighted by molar-refractivity contribution is 7.91. The van der Waals surface area contributed by atoms with Gasteiger partial charge in [-0.05, 0) is 36.6 Å². The zero-order valence-corrected chi connectivity index (χ0v) is 14.7. The van der Waals surface area contributed by atoms with Gasteiger partial charge in [0.2, 0.25) is 0 Å².